The first-order valence-electron chi connectivity index (χ1n) is 9.93. The minimum absolute atomic E-state index is 0.154. The predicted molar refractivity (Wildman–Crippen MR) is 121 cm³/mol. The third-order valence-electron chi connectivity index (χ3n) is 6.34. The van der Waals surface area contributed by atoms with Gasteiger partial charge >= 0.3 is 0 Å². The van der Waals surface area contributed by atoms with E-state index in [-0.39, 0.29) is 16.9 Å². The van der Waals surface area contributed by atoms with Crippen LogP contribution in [0.3, 0.4) is 0 Å². The van der Waals surface area contributed by atoms with Crippen LogP contribution < -0.4 is 11.1 Å². The van der Waals surface area contributed by atoms with E-state index in [1.165, 1.54) is 12.1 Å². The summed E-state index contributed by atoms with van der Waals surface area (Å²) in [4.78, 5) is 41.5. The molecular formula is C21H18ClN3O6S2. The summed E-state index contributed by atoms with van der Waals surface area (Å²) < 4.78 is 29.9. The fourth-order valence-corrected chi connectivity index (χ4v) is 7.25. The number of benzene rings is 1. The van der Waals surface area contributed by atoms with Crippen molar-refractivity contribution in [2.45, 2.75) is 29.9 Å². The van der Waals surface area contributed by atoms with E-state index in [0.717, 1.165) is 21.5 Å². The molecule has 0 aliphatic heterocycles. The van der Waals surface area contributed by atoms with Crippen LogP contribution in [-0.2, 0) is 24.8 Å². The number of fused-ring (bicyclic) bond motifs is 1. The van der Waals surface area contributed by atoms with Crippen LogP contribution in [0.2, 0.25) is 5.02 Å². The maximum atomic E-state index is 12.8. The molecule has 9 nitrogen and oxygen atoms in total. The van der Waals surface area contributed by atoms with E-state index in [1.54, 1.807) is 17.4 Å². The summed E-state index contributed by atoms with van der Waals surface area (Å²) in [5, 5.41) is 2.23. The molecule has 1 atom stereocenters. The number of carbonyl (C=O) groups is 3. The van der Waals surface area contributed by atoms with Crippen molar-refractivity contribution in [2.75, 3.05) is 6.26 Å². The number of halogens is 1. The lowest BCUT2D eigenvalue weighted by atomic mass is 9.35. The number of nitrogens with zero attached hydrogens (tertiary/aromatic N) is 1. The van der Waals surface area contributed by atoms with Crippen molar-refractivity contribution < 1.29 is 27.2 Å². The highest BCUT2D eigenvalue weighted by Gasteiger charge is 2.73. The second-order valence-electron chi connectivity index (χ2n) is 8.82. The largest absolute Gasteiger partial charge is 0.454 e. The highest BCUT2D eigenvalue weighted by atomic mass is 35.5. The lowest BCUT2D eigenvalue weighted by Crippen LogP contribution is -2.70. The van der Waals surface area contributed by atoms with E-state index in [4.69, 9.17) is 26.7 Å². The molecule has 3 N–H and O–H groups in total. The first kappa shape index (κ1) is 22.1. The minimum atomic E-state index is -3.89. The number of carbonyl (C=O) groups excluding carboxylic acids is 3. The highest BCUT2D eigenvalue weighted by molar-refractivity contribution is 7.91. The summed E-state index contributed by atoms with van der Waals surface area (Å²) in [7, 11) is -3.89. The number of thiazole rings is 1. The number of nitrogens with one attached hydrogen (secondary N) is 1. The van der Waals surface area contributed by atoms with Crippen LogP contribution >= 0.6 is 22.9 Å². The molecule has 6 rings (SSSR count). The quantitative estimate of drug-likeness (QED) is 0.486. The SMILES string of the molecule is CS(=O)(=O)C(C(N)=O)c1ccc(C(=O)NC(=O)C23CC(c4nc5ccc(Cl)cc5s4)(C2)C3)o1. The number of nitrogens with two attached hydrogens (primary N) is 1. The molecule has 0 spiro atoms. The molecule has 2 aromatic heterocycles. The van der Waals surface area contributed by atoms with Crippen LogP contribution in [-0.4, -0.2) is 37.4 Å². The number of hydrogen-bond acceptors (Lipinski definition) is 8. The molecule has 0 radical (unpaired) electrons. The summed E-state index contributed by atoms with van der Waals surface area (Å²) in [5.41, 5.74) is 5.24. The lowest BCUT2D eigenvalue weighted by Gasteiger charge is -2.68. The Bertz CT molecular complexity index is 1440. The zero-order chi connectivity index (χ0) is 23.8. The van der Waals surface area contributed by atoms with Crippen molar-refractivity contribution in [3.05, 3.63) is 51.9 Å². The van der Waals surface area contributed by atoms with Crippen molar-refractivity contribution in [2.24, 2.45) is 11.1 Å². The normalized spacial score (nSPS) is 24.5. The summed E-state index contributed by atoms with van der Waals surface area (Å²) in [6, 6.07) is 7.92. The smallest absolute Gasteiger partial charge is 0.293 e. The average Bonchev–Trinajstić information content (AvgIpc) is 3.24. The maximum absolute atomic E-state index is 12.8. The number of primary amides is 1. The Morgan fingerprint density at radius 2 is 1.91 bits per heavy atom. The molecule has 3 aliphatic carbocycles. The third-order valence-corrected chi connectivity index (χ3v) is 9.16. The van der Waals surface area contributed by atoms with E-state index < -0.39 is 38.2 Å². The summed E-state index contributed by atoms with van der Waals surface area (Å²) in [6.07, 6.45) is 2.61. The molecule has 3 amide bonds. The van der Waals surface area contributed by atoms with E-state index in [9.17, 15) is 22.8 Å². The standard InChI is InChI=1S/C21H18ClN3O6S2/c1-33(29,30)15(16(23)26)12-4-5-13(31-12)17(27)25-18(28)20-7-21(8-20,9-20)19-24-11-3-2-10(22)6-14(11)32-19/h2-6,15H,7-9H2,1H3,(H2,23,26)(H,25,27,28). The summed E-state index contributed by atoms with van der Waals surface area (Å²) >= 11 is 7.62. The van der Waals surface area contributed by atoms with Crippen LogP contribution in [0.4, 0.5) is 0 Å². The molecule has 12 heteroatoms. The van der Waals surface area contributed by atoms with E-state index in [2.05, 4.69) is 5.32 Å². The molecule has 3 fully saturated rings. The average molecular weight is 508 g/mol. The molecule has 1 aromatic carbocycles. The van der Waals surface area contributed by atoms with E-state index in [0.29, 0.717) is 24.3 Å². The number of rotatable bonds is 6. The fraction of sp³-hybridized carbons (Fsp3) is 0.333. The molecule has 1 unspecified atom stereocenters. The number of imide groups is 1. The van der Waals surface area contributed by atoms with Crippen molar-refractivity contribution in [3.63, 3.8) is 0 Å². The Hall–Kier alpha value is -2.76. The molecule has 2 heterocycles. The second kappa shape index (κ2) is 7.12. The van der Waals surface area contributed by atoms with E-state index in [1.807, 2.05) is 12.1 Å². The first-order chi connectivity index (χ1) is 15.4. The van der Waals surface area contributed by atoms with Gasteiger partial charge in [-0.1, -0.05) is 11.6 Å². The molecule has 0 saturated heterocycles. The molecule has 33 heavy (non-hydrogen) atoms. The van der Waals surface area contributed by atoms with Crippen LogP contribution in [0, 0.1) is 5.41 Å². The van der Waals surface area contributed by atoms with Crippen LogP contribution in [0.15, 0.2) is 34.7 Å². The fourth-order valence-electron chi connectivity index (χ4n) is 4.86. The van der Waals surface area contributed by atoms with Crippen molar-refractivity contribution in [3.8, 4) is 0 Å². The zero-order valence-corrected chi connectivity index (χ0v) is 19.6. The number of furan rings is 1. The number of sulfone groups is 1. The van der Waals surface area contributed by atoms with Crippen molar-refractivity contribution in [1.82, 2.24) is 10.3 Å². The molecule has 3 aliphatic rings. The Labute approximate surface area is 197 Å². The summed E-state index contributed by atoms with van der Waals surface area (Å²) in [5.74, 6) is -2.89. The Morgan fingerprint density at radius 1 is 1.21 bits per heavy atom. The van der Waals surface area contributed by atoms with Gasteiger partial charge in [0, 0.05) is 16.7 Å². The minimum Gasteiger partial charge on any atom is -0.454 e. The van der Waals surface area contributed by atoms with Gasteiger partial charge in [0.25, 0.3) is 5.91 Å². The van der Waals surface area contributed by atoms with Crippen LogP contribution in [0.1, 0.15) is 45.8 Å². The molecule has 3 aromatic rings. The van der Waals surface area contributed by atoms with Crippen LogP contribution in [0.5, 0.6) is 0 Å². The Balaban J connectivity index is 1.26. The van der Waals surface area contributed by atoms with Gasteiger partial charge in [0.15, 0.2) is 20.8 Å². The van der Waals surface area contributed by atoms with Gasteiger partial charge < -0.3 is 10.2 Å². The van der Waals surface area contributed by atoms with Crippen molar-refractivity contribution in [1.29, 1.82) is 0 Å². The molecule has 2 bridgehead atoms. The van der Waals surface area contributed by atoms with Crippen molar-refractivity contribution >= 4 is 60.7 Å². The molecular weight excluding hydrogens is 490 g/mol. The second-order valence-corrected chi connectivity index (χ2v) is 12.4. The van der Waals surface area contributed by atoms with Gasteiger partial charge in [-0.2, -0.15) is 0 Å². The third kappa shape index (κ3) is 3.46. The van der Waals surface area contributed by atoms with Gasteiger partial charge in [-0.3, -0.25) is 19.7 Å². The number of aromatic nitrogens is 1. The van der Waals surface area contributed by atoms with Gasteiger partial charge in [-0.25, -0.2) is 13.4 Å². The number of hydrogen-bond donors (Lipinski definition) is 2. The number of amides is 3. The summed E-state index contributed by atoms with van der Waals surface area (Å²) in [6.45, 7) is 0. The van der Waals surface area contributed by atoms with Gasteiger partial charge in [0.2, 0.25) is 11.8 Å². The Kier molecular flexibility index (Phi) is 4.76. The highest BCUT2D eigenvalue weighted by Crippen LogP contribution is 2.74. The predicted octanol–water partition coefficient (Wildman–Crippen LogP) is 2.49. The molecule has 3 saturated carbocycles. The van der Waals surface area contributed by atoms with Gasteiger partial charge in [0.1, 0.15) is 10.8 Å². The zero-order valence-electron chi connectivity index (χ0n) is 17.3. The van der Waals surface area contributed by atoms with Gasteiger partial charge in [-0.15, -0.1) is 11.3 Å². The van der Waals surface area contributed by atoms with Crippen LogP contribution in [0.25, 0.3) is 10.2 Å². The Morgan fingerprint density at radius 3 is 2.55 bits per heavy atom. The van der Waals surface area contributed by atoms with Gasteiger partial charge in [0.05, 0.1) is 15.6 Å². The topological polar surface area (TPSA) is 149 Å². The van der Waals surface area contributed by atoms with E-state index >= 15 is 0 Å². The van der Waals surface area contributed by atoms with Gasteiger partial charge in [-0.05, 0) is 49.6 Å². The lowest BCUT2D eigenvalue weighted by molar-refractivity contribution is -0.174. The monoisotopic (exact) mass is 507 g/mol. The molecule has 172 valence electrons. The first-order valence-corrected chi connectivity index (χ1v) is 13.1. The maximum Gasteiger partial charge on any atom is 0.293 e.